The van der Waals surface area contributed by atoms with Gasteiger partial charge in [0.2, 0.25) is 5.95 Å². The Morgan fingerprint density at radius 1 is 1.24 bits per heavy atom. The van der Waals surface area contributed by atoms with Crippen molar-refractivity contribution in [1.82, 2.24) is 15.3 Å². The summed E-state index contributed by atoms with van der Waals surface area (Å²) in [6.45, 7) is 3.53. The Labute approximate surface area is 126 Å². The van der Waals surface area contributed by atoms with Crippen LogP contribution in [-0.2, 0) is 0 Å². The van der Waals surface area contributed by atoms with Gasteiger partial charge in [-0.15, -0.1) is 0 Å². The first kappa shape index (κ1) is 15.5. The van der Waals surface area contributed by atoms with Crippen LogP contribution in [0.4, 0.5) is 5.95 Å². The minimum atomic E-state index is -0.115. The third-order valence-electron chi connectivity index (χ3n) is 3.56. The molecule has 5 nitrogen and oxygen atoms in total. The molecule has 0 aromatic carbocycles. The van der Waals surface area contributed by atoms with E-state index in [2.05, 4.69) is 26.7 Å². The van der Waals surface area contributed by atoms with Gasteiger partial charge in [0.1, 0.15) is 0 Å². The van der Waals surface area contributed by atoms with Gasteiger partial charge in [0, 0.05) is 25.5 Å². The van der Waals surface area contributed by atoms with Gasteiger partial charge in [0.15, 0.2) is 0 Å². The van der Waals surface area contributed by atoms with Gasteiger partial charge in [-0.3, -0.25) is 4.79 Å². The summed E-state index contributed by atoms with van der Waals surface area (Å²) in [5, 5.41) is 6.01. The van der Waals surface area contributed by atoms with E-state index in [0.717, 1.165) is 19.4 Å². The van der Waals surface area contributed by atoms with Crippen molar-refractivity contribution in [1.29, 1.82) is 0 Å². The number of nitrogens with zero attached hydrogens (tertiary/aromatic N) is 2. The number of carbonyl (C=O) groups excluding carboxylic acids is 1. The maximum atomic E-state index is 11.7. The normalized spacial score (nSPS) is 14.4. The number of aromatic nitrogens is 2. The molecule has 0 spiro atoms. The summed E-state index contributed by atoms with van der Waals surface area (Å²) < 4.78 is 0. The SMILES string of the molecule is CCCNC(=O)c1cnc(NCCC2=CCCCC2)nc1. The highest BCUT2D eigenvalue weighted by molar-refractivity contribution is 5.93. The van der Waals surface area contributed by atoms with Crippen molar-refractivity contribution in [2.75, 3.05) is 18.4 Å². The van der Waals surface area contributed by atoms with Crippen LogP contribution in [0.2, 0.25) is 0 Å². The third-order valence-corrected chi connectivity index (χ3v) is 3.56. The number of anilines is 1. The number of hydrogen-bond donors (Lipinski definition) is 2. The maximum Gasteiger partial charge on any atom is 0.254 e. The lowest BCUT2D eigenvalue weighted by atomic mass is 9.97. The van der Waals surface area contributed by atoms with E-state index in [4.69, 9.17) is 0 Å². The molecule has 0 unspecified atom stereocenters. The van der Waals surface area contributed by atoms with Gasteiger partial charge in [-0.25, -0.2) is 9.97 Å². The van der Waals surface area contributed by atoms with E-state index < -0.39 is 0 Å². The van der Waals surface area contributed by atoms with Crippen LogP contribution < -0.4 is 10.6 Å². The number of amides is 1. The molecule has 5 heteroatoms. The van der Waals surface area contributed by atoms with Crippen molar-refractivity contribution < 1.29 is 4.79 Å². The fourth-order valence-electron chi connectivity index (χ4n) is 2.34. The van der Waals surface area contributed by atoms with Crippen LogP contribution in [0.5, 0.6) is 0 Å². The molecule has 0 radical (unpaired) electrons. The van der Waals surface area contributed by atoms with E-state index in [1.54, 1.807) is 12.4 Å². The van der Waals surface area contributed by atoms with E-state index in [1.165, 1.54) is 31.3 Å². The van der Waals surface area contributed by atoms with Crippen molar-refractivity contribution in [3.8, 4) is 0 Å². The van der Waals surface area contributed by atoms with Crippen molar-refractivity contribution in [2.45, 2.75) is 45.4 Å². The highest BCUT2D eigenvalue weighted by Gasteiger charge is 2.06. The van der Waals surface area contributed by atoms with Gasteiger partial charge >= 0.3 is 0 Å². The standard InChI is InChI=1S/C16H24N4O/c1-2-9-17-15(21)14-11-19-16(20-12-14)18-10-8-13-6-4-3-5-7-13/h6,11-12H,2-5,7-10H2,1H3,(H,17,21)(H,18,19,20). The summed E-state index contributed by atoms with van der Waals surface area (Å²) in [5.74, 6) is 0.467. The molecule has 1 heterocycles. The van der Waals surface area contributed by atoms with Crippen molar-refractivity contribution in [2.24, 2.45) is 0 Å². The second-order valence-electron chi connectivity index (χ2n) is 5.34. The zero-order chi connectivity index (χ0) is 14.9. The number of nitrogens with one attached hydrogen (secondary N) is 2. The van der Waals surface area contributed by atoms with Gasteiger partial charge in [-0.2, -0.15) is 0 Å². The molecule has 1 aromatic rings. The summed E-state index contributed by atoms with van der Waals surface area (Å²) in [5.41, 5.74) is 2.04. The molecular formula is C16H24N4O. The van der Waals surface area contributed by atoms with Crippen LogP contribution in [0.25, 0.3) is 0 Å². The van der Waals surface area contributed by atoms with Crippen LogP contribution in [0.15, 0.2) is 24.0 Å². The second kappa shape index (κ2) is 8.39. The summed E-state index contributed by atoms with van der Waals surface area (Å²) in [6.07, 6.45) is 12.5. The van der Waals surface area contributed by atoms with Gasteiger partial charge in [0.05, 0.1) is 5.56 Å². The average molecular weight is 288 g/mol. The predicted octanol–water partition coefficient (Wildman–Crippen LogP) is 2.92. The number of hydrogen-bond acceptors (Lipinski definition) is 4. The smallest absolute Gasteiger partial charge is 0.254 e. The van der Waals surface area contributed by atoms with Crippen molar-refractivity contribution in [3.63, 3.8) is 0 Å². The summed E-state index contributed by atoms with van der Waals surface area (Å²) in [6, 6.07) is 0. The Bertz CT molecular complexity index is 482. The molecule has 1 aliphatic rings. The Hall–Kier alpha value is -1.91. The highest BCUT2D eigenvalue weighted by Crippen LogP contribution is 2.19. The van der Waals surface area contributed by atoms with Gasteiger partial charge < -0.3 is 10.6 Å². The monoisotopic (exact) mass is 288 g/mol. The summed E-state index contributed by atoms with van der Waals surface area (Å²) >= 11 is 0. The lowest BCUT2D eigenvalue weighted by Crippen LogP contribution is -2.24. The topological polar surface area (TPSA) is 66.9 Å². The minimum absolute atomic E-state index is 0.115. The Morgan fingerprint density at radius 3 is 2.71 bits per heavy atom. The zero-order valence-electron chi connectivity index (χ0n) is 12.7. The fraction of sp³-hybridized carbons (Fsp3) is 0.562. The maximum absolute atomic E-state index is 11.7. The quantitative estimate of drug-likeness (QED) is 0.757. The lowest BCUT2D eigenvalue weighted by molar-refractivity contribution is 0.0953. The molecule has 2 rings (SSSR count). The molecule has 114 valence electrons. The van der Waals surface area contributed by atoms with Crippen LogP contribution >= 0.6 is 0 Å². The van der Waals surface area contributed by atoms with Crippen LogP contribution in [-0.4, -0.2) is 29.0 Å². The molecule has 1 aliphatic carbocycles. The Morgan fingerprint density at radius 2 is 2.05 bits per heavy atom. The molecule has 0 bridgehead atoms. The van der Waals surface area contributed by atoms with Crippen LogP contribution in [0.3, 0.4) is 0 Å². The average Bonchev–Trinajstić information content (AvgIpc) is 2.54. The van der Waals surface area contributed by atoms with E-state index >= 15 is 0 Å². The molecular weight excluding hydrogens is 264 g/mol. The van der Waals surface area contributed by atoms with E-state index in [-0.39, 0.29) is 5.91 Å². The summed E-state index contributed by atoms with van der Waals surface area (Å²) in [4.78, 5) is 20.1. The number of carbonyl (C=O) groups is 1. The molecule has 0 fully saturated rings. The molecule has 0 saturated carbocycles. The van der Waals surface area contributed by atoms with Gasteiger partial charge in [-0.05, 0) is 38.5 Å². The lowest BCUT2D eigenvalue weighted by Gasteiger charge is -2.12. The molecule has 1 aromatic heterocycles. The molecule has 1 amide bonds. The first-order chi connectivity index (χ1) is 10.3. The second-order valence-corrected chi connectivity index (χ2v) is 5.34. The van der Waals surface area contributed by atoms with Crippen molar-refractivity contribution >= 4 is 11.9 Å². The van der Waals surface area contributed by atoms with E-state index in [9.17, 15) is 4.79 Å². The van der Waals surface area contributed by atoms with Crippen LogP contribution in [0.1, 0.15) is 55.8 Å². The zero-order valence-corrected chi connectivity index (χ0v) is 12.7. The summed E-state index contributed by atoms with van der Waals surface area (Å²) in [7, 11) is 0. The third kappa shape index (κ3) is 5.17. The minimum Gasteiger partial charge on any atom is -0.354 e. The van der Waals surface area contributed by atoms with Gasteiger partial charge in [0.25, 0.3) is 5.91 Å². The molecule has 21 heavy (non-hydrogen) atoms. The predicted molar refractivity (Wildman–Crippen MR) is 84.3 cm³/mol. The number of allylic oxidation sites excluding steroid dienone is 1. The molecule has 0 aliphatic heterocycles. The first-order valence-electron chi connectivity index (χ1n) is 7.81. The fourth-order valence-corrected chi connectivity index (χ4v) is 2.34. The molecule has 2 N–H and O–H groups in total. The van der Waals surface area contributed by atoms with E-state index in [0.29, 0.717) is 18.1 Å². The highest BCUT2D eigenvalue weighted by atomic mass is 16.1. The Balaban J connectivity index is 1.76. The van der Waals surface area contributed by atoms with Gasteiger partial charge in [-0.1, -0.05) is 18.6 Å². The largest absolute Gasteiger partial charge is 0.354 e. The van der Waals surface area contributed by atoms with E-state index in [1.807, 2.05) is 6.92 Å². The first-order valence-corrected chi connectivity index (χ1v) is 7.81. The van der Waals surface area contributed by atoms with Crippen LogP contribution in [0, 0.1) is 0 Å². The molecule has 0 saturated heterocycles. The Kier molecular flexibility index (Phi) is 6.19. The number of rotatable bonds is 7. The molecule has 0 atom stereocenters. The van der Waals surface area contributed by atoms with Crippen molar-refractivity contribution in [3.05, 3.63) is 29.6 Å².